The highest BCUT2D eigenvalue weighted by atomic mass is 35.5. The summed E-state index contributed by atoms with van der Waals surface area (Å²) in [6.07, 6.45) is 0.969. The van der Waals surface area contributed by atoms with E-state index in [1.54, 1.807) is 12.1 Å². The van der Waals surface area contributed by atoms with Crippen LogP contribution < -0.4 is 4.72 Å². The number of sulfonamides is 1. The highest BCUT2D eigenvalue weighted by Crippen LogP contribution is 2.30. The summed E-state index contributed by atoms with van der Waals surface area (Å²) in [6, 6.07) is 9.77. The van der Waals surface area contributed by atoms with E-state index in [0.717, 1.165) is 6.26 Å². The van der Waals surface area contributed by atoms with Gasteiger partial charge in [-0.3, -0.25) is 4.72 Å². The summed E-state index contributed by atoms with van der Waals surface area (Å²) in [5.41, 5.74) is 0.174. The van der Waals surface area contributed by atoms with Crippen LogP contribution in [0.5, 0.6) is 0 Å². The summed E-state index contributed by atoms with van der Waals surface area (Å²) in [4.78, 5) is -0.195. The molecule has 132 valence electrons. The lowest BCUT2D eigenvalue weighted by Gasteiger charge is -2.10. The SMILES string of the molecule is CS(=O)(=O)c1ccc(Cl)cc1NS(=O)(=O)c1cc2cc(Cl)ccc2o1. The smallest absolute Gasteiger partial charge is 0.295 e. The Labute approximate surface area is 154 Å². The Bertz CT molecular complexity index is 1180. The average molecular weight is 420 g/mol. The van der Waals surface area contributed by atoms with Crippen molar-refractivity contribution in [2.24, 2.45) is 0 Å². The molecule has 0 aliphatic carbocycles. The zero-order chi connectivity index (χ0) is 18.4. The van der Waals surface area contributed by atoms with Gasteiger partial charge in [0.2, 0.25) is 5.09 Å². The van der Waals surface area contributed by atoms with Crippen LogP contribution >= 0.6 is 23.2 Å². The lowest BCUT2D eigenvalue weighted by molar-refractivity contribution is 0.484. The Morgan fingerprint density at radius 2 is 1.56 bits per heavy atom. The summed E-state index contributed by atoms with van der Waals surface area (Å²) in [6.45, 7) is 0. The average Bonchev–Trinajstić information content (AvgIpc) is 2.89. The van der Waals surface area contributed by atoms with Crippen molar-refractivity contribution in [3.8, 4) is 0 Å². The molecule has 0 fully saturated rings. The first-order chi connectivity index (χ1) is 11.6. The Morgan fingerprint density at radius 1 is 0.920 bits per heavy atom. The fourth-order valence-electron chi connectivity index (χ4n) is 2.22. The van der Waals surface area contributed by atoms with E-state index in [0.29, 0.717) is 16.0 Å². The van der Waals surface area contributed by atoms with E-state index >= 15 is 0 Å². The molecule has 0 saturated heterocycles. The molecule has 0 unspecified atom stereocenters. The molecule has 1 heterocycles. The largest absolute Gasteiger partial charge is 0.443 e. The van der Waals surface area contributed by atoms with Crippen molar-refractivity contribution in [2.75, 3.05) is 11.0 Å². The number of hydrogen-bond acceptors (Lipinski definition) is 5. The third-order valence-corrected chi connectivity index (χ3v) is 6.15. The molecule has 3 rings (SSSR count). The van der Waals surface area contributed by atoms with Crippen LogP contribution in [0.1, 0.15) is 0 Å². The molecule has 0 radical (unpaired) electrons. The maximum absolute atomic E-state index is 12.6. The monoisotopic (exact) mass is 419 g/mol. The van der Waals surface area contributed by atoms with Crippen molar-refractivity contribution >= 4 is 59.7 Å². The number of rotatable bonds is 4. The maximum atomic E-state index is 12.6. The third-order valence-electron chi connectivity index (χ3n) is 3.31. The summed E-state index contributed by atoms with van der Waals surface area (Å²) in [5.74, 6) is 0. The second-order valence-corrected chi connectivity index (χ2v) is 9.74. The van der Waals surface area contributed by atoms with Gasteiger partial charge in [0.15, 0.2) is 9.84 Å². The van der Waals surface area contributed by atoms with E-state index in [1.165, 1.54) is 30.3 Å². The molecule has 0 spiro atoms. The number of fused-ring (bicyclic) bond motifs is 1. The summed E-state index contributed by atoms with van der Waals surface area (Å²) in [5, 5.41) is 0.743. The fraction of sp³-hybridized carbons (Fsp3) is 0.0667. The Kier molecular flexibility index (Phi) is 4.48. The van der Waals surface area contributed by atoms with Crippen LogP contribution in [0.4, 0.5) is 5.69 Å². The van der Waals surface area contributed by atoms with E-state index in [4.69, 9.17) is 27.6 Å². The zero-order valence-corrected chi connectivity index (χ0v) is 15.8. The van der Waals surface area contributed by atoms with Crippen LogP contribution in [-0.4, -0.2) is 23.1 Å². The number of benzene rings is 2. The zero-order valence-electron chi connectivity index (χ0n) is 12.7. The normalized spacial score (nSPS) is 12.4. The predicted molar refractivity (Wildman–Crippen MR) is 96.6 cm³/mol. The predicted octanol–water partition coefficient (Wildman–Crippen LogP) is 3.94. The highest BCUT2D eigenvalue weighted by molar-refractivity contribution is 7.93. The van der Waals surface area contributed by atoms with Crippen molar-refractivity contribution in [3.63, 3.8) is 0 Å². The van der Waals surface area contributed by atoms with Gasteiger partial charge in [-0.05, 0) is 36.4 Å². The standard InChI is InChI=1S/C15H11Cl2NO5S2/c1-24(19,20)14-5-3-11(17)8-12(14)18-25(21,22)15-7-9-6-10(16)2-4-13(9)23-15/h2-8,18H,1H3. The van der Waals surface area contributed by atoms with Crippen LogP contribution in [0.2, 0.25) is 10.0 Å². The fourth-order valence-corrected chi connectivity index (χ4v) is 4.51. The molecule has 25 heavy (non-hydrogen) atoms. The molecular formula is C15H11Cl2NO5S2. The third kappa shape index (κ3) is 3.77. The minimum atomic E-state index is -4.17. The van der Waals surface area contributed by atoms with Crippen molar-refractivity contribution in [3.05, 3.63) is 52.5 Å². The molecule has 6 nitrogen and oxygen atoms in total. The van der Waals surface area contributed by atoms with Crippen LogP contribution in [0.25, 0.3) is 11.0 Å². The van der Waals surface area contributed by atoms with E-state index in [2.05, 4.69) is 4.72 Å². The van der Waals surface area contributed by atoms with Gasteiger partial charge in [-0.1, -0.05) is 23.2 Å². The second-order valence-electron chi connectivity index (χ2n) is 5.27. The van der Waals surface area contributed by atoms with Crippen molar-refractivity contribution < 1.29 is 21.3 Å². The second kappa shape index (κ2) is 6.21. The molecule has 0 atom stereocenters. The summed E-state index contributed by atoms with van der Waals surface area (Å²) in [7, 11) is -7.84. The minimum Gasteiger partial charge on any atom is -0.443 e. The van der Waals surface area contributed by atoms with Gasteiger partial charge in [0, 0.05) is 27.8 Å². The van der Waals surface area contributed by atoms with Crippen molar-refractivity contribution in [1.29, 1.82) is 0 Å². The Hall–Kier alpha value is -1.74. The Morgan fingerprint density at radius 3 is 2.24 bits per heavy atom. The van der Waals surface area contributed by atoms with Crippen LogP contribution in [0, 0.1) is 0 Å². The first kappa shape index (κ1) is 18.1. The topological polar surface area (TPSA) is 93.5 Å². The molecule has 0 aliphatic rings. The van der Waals surface area contributed by atoms with Gasteiger partial charge >= 0.3 is 0 Å². The van der Waals surface area contributed by atoms with Gasteiger partial charge in [0.1, 0.15) is 5.58 Å². The van der Waals surface area contributed by atoms with Gasteiger partial charge in [-0.2, -0.15) is 8.42 Å². The number of sulfone groups is 1. The maximum Gasteiger partial charge on any atom is 0.295 e. The van der Waals surface area contributed by atoms with Gasteiger partial charge in [0.25, 0.3) is 10.0 Å². The van der Waals surface area contributed by atoms with Gasteiger partial charge in [-0.15, -0.1) is 0 Å². The number of nitrogens with one attached hydrogen (secondary N) is 1. The summed E-state index contributed by atoms with van der Waals surface area (Å²) >= 11 is 11.7. The van der Waals surface area contributed by atoms with E-state index in [9.17, 15) is 16.8 Å². The van der Waals surface area contributed by atoms with Crippen LogP contribution in [0.3, 0.4) is 0 Å². The summed E-state index contributed by atoms with van der Waals surface area (Å²) < 4.78 is 56.4. The molecule has 0 saturated carbocycles. The molecule has 0 aliphatic heterocycles. The molecule has 3 aromatic rings. The minimum absolute atomic E-state index is 0.159. The molecular weight excluding hydrogens is 409 g/mol. The first-order valence-electron chi connectivity index (χ1n) is 6.78. The van der Waals surface area contributed by atoms with Crippen molar-refractivity contribution in [2.45, 2.75) is 9.99 Å². The number of hydrogen-bond donors (Lipinski definition) is 1. The first-order valence-corrected chi connectivity index (χ1v) is 10.9. The van der Waals surface area contributed by atoms with E-state index in [1.807, 2.05) is 0 Å². The highest BCUT2D eigenvalue weighted by Gasteiger charge is 2.23. The number of anilines is 1. The lowest BCUT2D eigenvalue weighted by Crippen LogP contribution is -2.14. The number of halogens is 2. The molecule has 2 aromatic carbocycles. The molecule has 0 amide bonds. The van der Waals surface area contributed by atoms with Crippen molar-refractivity contribution in [1.82, 2.24) is 0 Å². The number of furan rings is 1. The molecule has 10 heteroatoms. The Balaban J connectivity index is 2.08. The van der Waals surface area contributed by atoms with E-state index < -0.39 is 19.9 Å². The van der Waals surface area contributed by atoms with Crippen LogP contribution in [0.15, 0.2) is 56.9 Å². The van der Waals surface area contributed by atoms with Gasteiger partial charge < -0.3 is 4.42 Å². The molecule has 1 N–H and O–H groups in total. The lowest BCUT2D eigenvalue weighted by atomic mass is 10.3. The van der Waals surface area contributed by atoms with Gasteiger partial charge in [-0.25, -0.2) is 8.42 Å². The quantitative estimate of drug-likeness (QED) is 0.690. The molecule has 1 aromatic heterocycles. The van der Waals surface area contributed by atoms with Gasteiger partial charge in [0.05, 0.1) is 10.6 Å². The van der Waals surface area contributed by atoms with E-state index in [-0.39, 0.29) is 20.7 Å². The molecule has 0 bridgehead atoms. The van der Waals surface area contributed by atoms with Crippen LogP contribution in [-0.2, 0) is 19.9 Å².